The Kier molecular flexibility index (Phi) is 4.11. The smallest absolute Gasteiger partial charge is 0.244 e. The van der Waals surface area contributed by atoms with Gasteiger partial charge in [-0.25, -0.2) is 8.42 Å². The molecule has 7 heteroatoms. The van der Waals surface area contributed by atoms with Crippen LogP contribution in [0, 0.1) is 11.3 Å². The summed E-state index contributed by atoms with van der Waals surface area (Å²) >= 11 is 5.94. The summed E-state index contributed by atoms with van der Waals surface area (Å²) in [5, 5.41) is 18.0. The quantitative estimate of drug-likeness (QED) is 0.914. The molecule has 0 bridgehead atoms. The first-order valence-electron chi connectivity index (χ1n) is 5.83. The molecular weight excluding hydrogens is 288 g/mol. The van der Waals surface area contributed by atoms with Crippen LogP contribution in [0.15, 0.2) is 23.1 Å². The van der Waals surface area contributed by atoms with Crippen LogP contribution in [0.3, 0.4) is 0 Å². The average Bonchev–Trinajstić information content (AvgIpc) is 2.87. The molecule has 19 heavy (non-hydrogen) atoms. The summed E-state index contributed by atoms with van der Waals surface area (Å²) in [6.45, 7) is 0.178. The van der Waals surface area contributed by atoms with Gasteiger partial charge in [0.05, 0.1) is 23.3 Å². The van der Waals surface area contributed by atoms with Crippen LogP contribution in [0.4, 0.5) is 0 Å². The van der Waals surface area contributed by atoms with E-state index in [1.165, 1.54) is 22.5 Å². The fourth-order valence-corrected chi connectivity index (χ4v) is 4.42. The second-order valence-corrected chi connectivity index (χ2v) is 6.62. The molecule has 0 amide bonds. The largest absolute Gasteiger partial charge is 0.395 e. The number of hydrogen-bond donors (Lipinski definition) is 1. The van der Waals surface area contributed by atoms with Crippen molar-refractivity contribution in [3.8, 4) is 6.07 Å². The first-order chi connectivity index (χ1) is 9.00. The van der Waals surface area contributed by atoms with Crippen LogP contribution in [0.5, 0.6) is 0 Å². The second kappa shape index (κ2) is 5.47. The topological polar surface area (TPSA) is 81.4 Å². The molecule has 1 aromatic rings. The Morgan fingerprint density at radius 1 is 1.53 bits per heavy atom. The predicted molar refractivity (Wildman–Crippen MR) is 70.2 cm³/mol. The first kappa shape index (κ1) is 14.3. The summed E-state index contributed by atoms with van der Waals surface area (Å²) < 4.78 is 26.2. The van der Waals surface area contributed by atoms with E-state index in [4.69, 9.17) is 16.9 Å². The van der Waals surface area contributed by atoms with Gasteiger partial charge in [0.25, 0.3) is 0 Å². The fourth-order valence-electron chi connectivity index (χ4n) is 2.21. The van der Waals surface area contributed by atoms with E-state index in [0.29, 0.717) is 18.5 Å². The van der Waals surface area contributed by atoms with Crippen molar-refractivity contribution < 1.29 is 13.5 Å². The van der Waals surface area contributed by atoms with Crippen molar-refractivity contribution in [3.63, 3.8) is 0 Å². The van der Waals surface area contributed by atoms with Crippen LogP contribution in [-0.4, -0.2) is 37.0 Å². The molecule has 0 radical (unpaired) electrons. The van der Waals surface area contributed by atoms with Crippen LogP contribution in [0.1, 0.15) is 18.4 Å². The molecule has 1 aliphatic heterocycles. The highest BCUT2D eigenvalue weighted by Gasteiger charge is 2.35. The third kappa shape index (κ3) is 2.60. The van der Waals surface area contributed by atoms with E-state index < -0.39 is 16.1 Å². The van der Waals surface area contributed by atoms with Crippen LogP contribution >= 0.6 is 11.6 Å². The molecular formula is C12H13ClN2O3S. The van der Waals surface area contributed by atoms with E-state index >= 15 is 0 Å². The van der Waals surface area contributed by atoms with Gasteiger partial charge in [0.1, 0.15) is 4.90 Å². The molecule has 0 aromatic heterocycles. The van der Waals surface area contributed by atoms with Crippen LogP contribution < -0.4 is 0 Å². The molecule has 102 valence electrons. The van der Waals surface area contributed by atoms with Gasteiger partial charge in [-0.05, 0) is 31.0 Å². The van der Waals surface area contributed by atoms with Gasteiger partial charge >= 0.3 is 0 Å². The van der Waals surface area contributed by atoms with Crippen molar-refractivity contribution in [1.29, 1.82) is 5.26 Å². The lowest BCUT2D eigenvalue weighted by molar-refractivity contribution is 0.213. The summed E-state index contributed by atoms with van der Waals surface area (Å²) in [7, 11) is -3.72. The summed E-state index contributed by atoms with van der Waals surface area (Å²) in [4.78, 5) is -0.0199. The number of rotatable bonds is 3. The van der Waals surface area contributed by atoms with Crippen molar-refractivity contribution in [3.05, 3.63) is 28.8 Å². The molecule has 1 atom stereocenters. The standard InChI is InChI=1S/C12H13ClN2O3S/c13-11-6-9(7-14)3-4-12(11)19(17,18)15-5-1-2-10(15)8-16/h3-4,6,10,16H,1-2,5,8H2. The molecule has 1 N–H and O–H groups in total. The van der Waals surface area contributed by atoms with E-state index in [2.05, 4.69) is 0 Å². The molecule has 1 fully saturated rings. The maximum atomic E-state index is 12.5. The van der Waals surface area contributed by atoms with Gasteiger partial charge < -0.3 is 5.11 Å². The fraction of sp³-hybridized carbons (Fsp3) is 0.417. The number of aliphatic hydroxyl groups excluding tert-OH is 1. The number of hydrogen-bond acceptors (Lipinski definition) is 4. The highest BCUT2D eigenvalue weighted by atomic mass is 35.5. The van der Waals surface area contributed by atoms with Gasteiger partial charge in [-0.3, -0.25) is 0 Å². The number of nitriles is 1. The summed E-state index contributed by atoms with van der Waals surface area (Å²) in [5.41, 5.74) is 0.309. The van der Waals surface area contributed by atoms with Gasteiger partial charge in [0.2, 0.25) is 10.0 Å². The Hall–Kier alpha value is -1.13. The zero-order valence-electron chi connectivity index (χ0n) is 10.1. The number of halogens is 1. The Balaban J connectivity index is 2.43. The van der Waals surface area contributed by atoms with E-state index in [-0.39, 0.29) is 16.5 Å². The lowest BCUT2D eigenvalue weighted by atomic mass is 10.2. The second-order valence-electron chi connectivity index (χ2n) is 4.35. The molecule has 1 heterocycles. The molecule has 0 saturated carbocycles. The molecule has 1 aliphatic rings. The number of nitrogens with zero attached hydrogens (tertiary/aromatic N) is 2. The minimum absolute atomic E-state index is 0.0199. The van der Waals surface area contributed by atoms with Crippen LogP contribution in [-0.2, 0) is 10.0 Å². The molecule has 2 rings (SSSR count). The van der Waals surface area contributed by atoms with Crippen molar-refractivity contribution in [2.45, 2.75) is 23.8 Å². The highest BCUT2D eigenvalue weighted by molar-refractivity contribution is 7.89. The predicted octanol–water partition coefficient (Wildman–Crippen LogP) is 1.36. The van der Waals surface area contributed by atoms with Gasteiger partial charge in [-0.15, -0.1) is 0 Å². The first-order valence-corrected chi connectivity index (χ1v) is 7.65. The Morgan fingerprint density at radius 2 is 2.26 bits per heavy atom. The highest BCUT2D eigenvalue weighted by Crippen LogP contribution is 2.30. The van der Waals surface area contributed by atoms with Crippen molar-refractivity contribution >= 4 is 21.6 Å². The number of sulfonamides is 1. The molecule has 0 aliphatic carbocycles. The Labute approximate surface area is 117 Å². The SMILES string of the molecule is N#Cc1ccc(S(=O)(=O)N2CCCC2CO)c(Cl)c1. The third-order valence-electron chi connectivity index (χ3n) is 3.18. The van der Waals surface area contributed by atoms with E-state index in [1.807, 2.05) is 6.07 Å². The summed E-state index contributed by atoms with van der Waals surface area (Å²) in [6, 6.07) is 5.60. The minimum atomic E-state index is -3.72. The van der Waals surface area contributed by atoms with E-state index in [0.717, 1.165) is 6.42 Å². The Morgan fingerprint density at radius 3 is 2.84 bits per heavy atom. The van der Waals surface area contributed by atoms with Gasteiger partial charge in [0.15, 0.2) is 0 Å². The summed E-state index contributed by atoms with van der Waals surface area (Å²) in [6.07, 6.45) is 1.36. The number of aliphatic hydroxyl groups is 1. The van der Waals surface area contributed by atoms with Crippen molar-refractivity contribution in [2.75, 3.05) is 13.2 Å². The molecule has 0 spiro atoms. The maximum Gasteiger partial charge on any atom is 0.244 e. The van der Waals surface area contributed by atoms with Crippen molar-refractivity contribution in [2.24, 2.45) is 0 Å². The van der Waals surface area contributed by atoms with E-state index in [9.17, 15) is 13.5 Å². The lowest BCUT2D eigenvalue weighted by Crippen LogP contribution is -2.37. The normalized spacial score (nSPS) is 20.4. The van der Waals surface area contributed by atoms with Gasteiger partial charge in [-0.2, -0.15) is 9.57 Å². The number of benzene rings is 1. The van der Waals surface area contributed by atoms with E-state index in [1.54, 1.807) is 0 Å². The minimum Gasteiger partial charge on any atom is -0.395 e. The molecule has 5 nitrogen and oxygen atoms in total. The molecule has 1 saturated heterocycles. The summed E-state index contributed by atoms with van der Waals surface area (Å²) in [5.74, 6) is 0. The molecule has 1 aromatic carbocycles. The van der Waals surface area contributed by atoms with Crippen LogP contribution in [0.25, 0.3) is 0 Å². The Bertz CT molecular complexity index is 624. The lowest BCUT2D eigenvalue weighted by Gasteiger charge is -2.22. The molecule has 1 unspecified atom stereocenters. The van der Waals surface area contributed by atoms with Gasteiger partial charge in [-0.1, -0.05) is 11.6 Å². The zero-order valence-corrected chi connectivity index (χ0v) is 11.7. The van der Waals surface area contributed by atoms with Gasteiger partial charge in [0, 0.05) is 12.6 Å². The van der Waals surface area contributed by atoms with Crippen molar-refractivity contribution in [1.82, 2.24) is 4.31 Å². The zero-order chi connectivity index (χ0) is 14.0. The monoisotopic (exact) mass is 300 g/mol. The maximum absolute atomic E-state index is 12.5. The average molecular weight is 301 g/mol. The van der Waals surface area contributed by atoms with Crippen LogP contribution in [0.2, 0.25) is 5.02 Å². The third-order valence-corrected chi connectivity index (χ3v) is 5.62.